The zero-order chi connectivity index (χ0) is 14.4. The Hall–Kier alpha value is -1.13. The SMILES string of the molecule is C=CCN(CC(=O)N1CCC(C)CC1)Cc1cccs1. The van der Waals surface area contributed by atoms with Crippen LogP contribution in [0.4, 0.5) is 0 Å². The second-order valence-corrected chi connectivity index (χ2v) is 6.63. The first-order valence-electron chi connectivity index (χ1n) is 7.32. The lowest BCUT2D eigenvalue weighted by molar-refractivity contribution is -0.133. The Labute approximate surface area is 125 Å². The summed E-state index contributed by atoms with van der Waals surface area (Å²) in [5.41, 5.74) is 0. The summed E-state index contributed by atoms with van der Waals surface area (Å²) in [7, 11) is 0. The van der Waals surface area contributed by atoms with Crippen molar-refractivity contribution in [3.63, 3.8) is 0 Å². The van der Waals surface area contributed by atoms with E-state index in [2.05, 4.69) is 35.9 Å². The van der Waals surface area contributed by atoms with Crippen LogP contribution in [-0.2, 0) is 11.3 Å². The molecule has 2 rings (SSSR count). The van der Waals surface area contributed by atoms with Gasteiger partial charge in [0.2, 0.25) is 5.91 Å². The summed E-state index contributed by atoms with van der Waals surface area (Å²) < 4.78 is 0. The lowest BCUT2D eigenvalue weighted by Crippen LogP contribution is -2.43. The summed E-state index contributed by atoms with van der Waals surface area (Å²) in [6, 6.07) is 4.17. The molecule has 0 N–H and O–H groups in total. The molecule has 0 saturated carbocycles. The van der Waals surface area contributed by atoms with Gasteiger partial charge in [-0.2, -0.15) is 0 Å². The van der Waals surface area contributed by atoms with Gasteiger partial charge >= 0.3 is 0 Å². The normalized spacial score (nSPS) is 16.6. The van der Waals surface area contributed by atoms with Gasteiger partial charge in [0.15, 0.2) is 0 Å². The van der Waals surface area contributed by atoms with Crippen molar-refractivity contribution in [2.24, 2.45) is 5.92 Å². The van der Waals surface area contributed by atoms with Crippen LogP contribution in [-0.4, -0.2) is 41.9 Å². The standard InChI is InChI=1S/C16H24N2OS/c1-3-8-17(12-15-5-4-11-20-15)13-16(19)18-9-6-14(2)7-10-18/h3-5,11,14H,1,6-10,12-13H2,2H3. The molecule has 1 aliphatic rings. The van der Waals surface area contributed by atoms with Gasteiger partial charge in [-0.25, -0.2) is 0 Å². The zero-order valence-electron chi connectivity index (χ0n) is 12.3. The highest BCUT2D eigenvalue weighted by Gasteiger charge is 2.21. The number of rotatable bonds is 6. The second kappa shape index (κ2) is 7.60. The fourth-order valence-corrected chi connectivity index (χ4v) is 3.29. The molecule has 0 aromatic carbocycles. The number of amides is 1. The van der Waals surface area contributed by atoms with E-state index >= 15 is 0 Å². The first kappa shape index (κ1) is 15.3. The Balaban J connectivity index is 1.86. The Morgan fingerprint density at radius 2 is 2.30 bits per heavy atom. The summed E-state index contributed by atoms with van der Waals surface area (Å²) in [5, 5.41) is 2.08. The fourth-order valence-electron chi connectivity index (χ4n) is 2.54. The lowest BCUT2D eigenvalue weighted by atomic mass is 9.99. The molecule has 1 fully saturated rings. The molecule has 20 heavy (non-hydrogen) atoms. The zero-order valence-corrected chi connectivity index (χ0v) is 13.1. The molecular formula is C16H24N2OS. The van der Waals surface area contributed by atoms with Crippen LogP contribution >= 0.6 is 11.3 Å². The molecule has 0 radical (unpaired) electrons. The first-order valence-corrected chi connectivity index (χ1v) is 8.20. The van der Waals surface area contributed by atoms with Gasteiger partial charge in [-0.1, -0.05) is 19.1 Å². The Morgan fingerprint density at radius 1 is 1.55 bits per heavy atom. The van der Waals surface area contributed by atoms with Crippen molar-refractivity contribution >= 4 is 17.2 Å². The average Bonchev–Trinajstić information content (AvgIpc) is 2.92. The van der Waals surface area contributed by atoms with Gasteiger partial charge in [-0.05, 0) is 30.2 Å². The third-order valence-corrected chi connectivity index (χ3v) is 4.70. The molecule has 0 aliphatic carbocycles. The van der Waals surface area contributed by atoms with E-state index in [1.54, 1.807) is 11.3 Å². The summed E-state index contributed by atoms with van der Waals surface area (Å²) in [4.78, 5) is 17.9. The highest BCUT2D eigenvalue weighted by molar-refractivity contribution is 7.09. The molecule has 0 atom stereocenters. The maximum Gasteiger partial charge on any atom is 0.236 e. The lowest BCUT2D eigenvalue weighted by Gasteiger charge is -2.32. The Kier molecular flexibility index (Phi) is 5.80. The van der Waals surface area contributed by atoms with Gasteiger partial charge in [0.05, 0.1) is 6.54 Å². The van der Waals surface area contributed by atoms with Crippen molar-refractivity contribution in [3.05, 3.63) is 35.0 Å². The molecule has 0 spiro atoms. The molecule has 1 aliphatic heterocycles. The van der Waals surface area contributed by atoms with E-state index in [1.165, 1.54) is 4.88 Å². The summed E-state index contributed by atoms with van der Waals surface area (Å²) in [6.45, 7) is 9.99. The van der Waals surface area contributed by atoms with Crippen molar-refractivity contribution in [1.82, 2.24) is 9.80 Å². The Bertz CT molecular complexity index is 422. The van der Waals surface area contributed by atoms with E-state index < -0.39 is 0 Å². The summed E-state index contributed by atoms with van der Waals surface area (Å²) >= 11 is 1.74. The molecule has 3 nitrogen and oxygen atoms in total. The molecule has 110 valence electrons. The van der Waals surface area contributed by atoms with Crippen molar-refractivity contribution in [2.45, 2.75) is 26.3 Å². The molecule has 1 amide bonds. The third kappa shape index (κ3) is 4.46. The van der Waals surface area contributed by atoms with Crippen LogP contribution < -0.4 is 0 Å². The van der Waals surface area contributed by atoms with E-state index in [0.717, 1.165) is 44.9 Å². The number of nitrogens with zero attached hydrogens (tertiary/aromatic N) is 2. The minimum atomic E-state index is 0.260. The highest BCUT2D eigenvalue weighted by atomic mass is 32.1. The second-order valence-electron chi connectivity index (χ2n) is 5.60. The quantitative estimate of drug-likeness (QED) is 0.753. The minimum Gasteiger partial charge on any atom is -0.342 e. The minimum absolute atomic E-state index is 0.260. The van der Waals surface area contributed by atoms with Crippen molar-refractivity contribution < 1.29 is 4.79 Å². The van der Waals surface area contributed by atoms with E-state index in [0.29, 0.717) is 6.54 Å². The van der Waals surface area contributed by atoms with Crippen molar-refractivity contribution in [1.29, 1.82) is 0 Å². The van der Waals surface area contributed by atoms with Crippen LogP contribution in [0.1, 0.15) is 24.6 Å². The summed E-state index contributed by atoms with van der Waals surface area (Å²) in [6.07, 6.45) is 4.15. The predicted molar refractivity (Wildman–Crippen MR) is 84.8 cm³/mol. The van der Waals surface area contributed by atoms with Crippen LogP contribution in [0.3, 0.4) is 0 Å². The largest absolute Gasteiger partial charge is 0.342 e. The number of carbonyl (C=O) groups is 1. The third-order valence-electron chi connectivity index (χ3n) is 3.84. The van der Waals surface area contributed by atoms with Crippen LogP contribution in [0.25, 0.3) is 0 Å². The van der Waals surface area contributed by atoms with Crippen LogP contribution in [0.5, 0.6) is 0 Å². The number of piperidine rings is 1. The van der Waals surface area contributed by atoms with Crippen molar-refractivity contribution in [2.75, 3.05) is 26.2 Å². The smallest absolute Gasteiger partial charge is 0.236 e. The monoisotopic (exact) mass is 292 g/mol. The summed E-state index contributed by atoms with van der Waals surface area (Å²) in [5.74, 6) is 1.02. The Morgan fingerprint density at radius 3 is 2.90 bits per heavy atom. The van der Waals surface area contributed by atoms with Gasteiger partial charge in [-0.3, -0.25) is 9.69 Å². The van der Waals surface area contributed by atoms with Gasteiger partial charge in [0.1, 0.15) is 0 Å². The molecule has 0 bridgehead atoms. The predicted octanol–water partition coefficient (Wildman–Crippen LogP) is 2.99. The van der Waals surface area contributed by atoms with E-state index in [-0.39, 0.29) is 5.91 Å². The molecule has 2 heterocycles. The fraction of sp³-hybridized carbons (Fsp3) is 0.562. The molecule has 1 aromatic heterocycles. The number of hydrogen-bond acceptors (Lipinski definition) is 3. The molecule has 4 heteroatoms. The molecular weight excluding hydrogens is 268 g/mol. The van der Waals surface area contributed by atoms with E-state index in [4.69, 9.17) is 0 Å². The maximum absolute atomic E-state index is 12.4. The van der Waals surface area contributed by atoms with E-state index in [9.17, 15) is 4.79 Å². The van der Waals surface area contributed by atoms with Gasteiger partial charge in [0, 0.05) is 31.1 Å². The first-order chi connectivity index (χ1) is 9.69. The van der Waals surface area contributed by atoms with Gasteiger partial charge < -0.3 is 4.90 Å². The van der Waals surface area contributed by atoms with Crippen LogP contribution in [0, 0.1) is 5.92 Å². The highest BCUT2D eigenvalue weighted by Crippen LogP contribution is 2.17. The number of hydrogen-bond donors (Lipinski definition) is 0. The number of thiophene rings is 1. The number of carbonyl (C=O) groups excluding carboxylic acids is 1. The van der Waals surface area contributed by atoms with Gasteiger partial charge in [0.25, 0.3) is 0 Å². The van der Waals surface area contributed by atoms with Crippen molar-refractivity contribution in [3.8, 4) is 0 Å². The van der Waals surface area contributed by atoms with E-state index in [1.807, 2.05) is 11.0 Å². The van der Waals surface area contributed by atoms with Gasteiger partial charge in [-0.15, -0.1) is 17.9 Å². The molecule has 1 saturated heterocycles. The van der Waals surface area contributed by atoms with Crippen LogP contribution in [0.15, 0.2) is 30.2 Å². The van der Waals surface area contributed by atoms with Crippen LogP contribution in [0.2, 0.25) is 0 Å². The topological polar surface area (TPSA) is 23.6 Å². The number of likely N-dealkylation sites (tertiary alicyclic amines) is 1. The molecule has 0 unspecified atom stereocenters. The molecule has 1 aromatic rings. The average molecular weight is 292 g/mol. The maximum atomic E-state index is 12.4.